The Labute approximate surface area is 116 Å². The van der Waals surface area contributed by atoms with Crippen LogP contribution in [-0.4, -0.2) is 12.3 Å². The van der Waals surface area contributed by atoms with Crippen LogP contribution in [0.5, 0.6) is 5.75 Å². The van der Waals surface area contributed by atoms with Crippen LogP contribution in [-0.2, 0) is 6.42 Å². The molecular formula is C16H12ClNO. The molecule has 0 fully saturated rings. The minimum atomic E-state index is 0.334. The van der Waals surface area contributed by atoms with Gasteiger partial charge in [-0.1, -0.05) is 23.7 Å². The molecule has 94 valence electrons. The Bertz CT molecular complexity index is 693. The molecule has 0 bridgehead atoms. The number of para-hydroxylation sites is 1. The van der Waals surface area contributed by atoms with Crippen molar-refractivity contribution in [3.63, 3.8) is 0 Å². The molecule has 2 heterocycles. The van der Waals surface area contributed by atoms with Crippen molar-refractivity contribution in [2.45, 2.75) is 6.42 Å². The minimum Gasteiger partial charge on any atom is -0.492 e. The van der Waals surface area contributed by atoms with E-state index >= 15 is 0 Å². The third kappa shape index (κ3) is 1.75. The Morgan fingerprint density at radius 3 is 3.00 bits per heavy atom. The quantitative estimate of drug-likeness (QED) is 0.708. The SMILES string of the molecule is Clc1ccc2c(c1)CC1COc3ccccc3C1=N2. The lowest BCUT2D eigenvalue weighted by atomic mass is 9.86. The molecule has 1 atom stereocenters. The highest BCUT2D eigenvalue weighted by atomic mass is 35.5. The summed E-state index contributed by atoms with van der Waals surface area (Å²) >= 11 is 6.05. The van der Waals surface area contributed by atoms with E-state index in [-0.39, 0.29) is 0 Å². The lowest BCUT2D eigenvalue weighted by Gasteiger charge is -2.30. The number of fused-ring (bicyclic) bond motifs is 4. The highest BCUT2D eigenvalue weighted by molar-refractivity contribution is 6.30. The molecule has 0 aromatic heterocycles. The first-order valence-electron chi connectivity index (χ1n) is 6.40. The maximum atomic E-state index is 6.05. The Kier molecular flexibility index (Phi) is 2.39. The smallest absolute Gasteiger partial charge is 0.128 e. The van der Waals surface area contributed by atoms with Gasteiger partial charge in [0.05, 0.1) is 18.0 Å². The van der Waals surface area contributed by atoms with Gasteiger partial charge in [0.1, 0.15) is 5.75 Å². The van der Waals surface area contributed by atoms with Gasteiger partial charge in [0.2, 0.25) is 0 Å². The first kappa shape index (κ1) is 11.1. The maximum absolute atomic E-state index is 6.05. The van der Waals surface area contributed by atoms with E-state index in [0.717, 1.165) is 34.2 Å². The van der Waals surface area contributed by atoms with Gasteiger partial charge in [-0.05, 0) is 42.3 Å². The zero-order valence-corrected chi connectivity index (χ0v) is 11.0. The van der Waals surface area contributed by atoms with E-state index in [9.17, 15) is 0 Å². The van der Waals surface area contributed by atoms with Crippen LogP contribution in [0.2, 0.25) is 5.02 Å². The van der Waals surface area contributed by atoms with E-state index in [1.54, 1.807) is 0 Å². The molecule has 0 N–H and O–H groups in total. The van der Waals surface area contributed by atoms with Crippen LogP contribution in [0.1, 0.15) is 11.1 Å². The summed E-state index contributed by atoms with van der Waals surface area (Å²) in [6.45, 7) is 0.696. The number of aliphatic imine (C=N–C) groups is 1. The topological polar surface area (TPSA) is 21.6 Å². The molecule has 0 saturated heterocycles. The molecule has 4 rings (SSSR count). The summed E-state index contributed by atoms with van der Waals surface area (Å²) in [5, 5.41) is 0.773. The van der Waals surface area contributed by atoms with Crippen molar-refractivity contribution in [1.29, 1.82) is 0 Å². The molecule has 2 aliphatic rings. The van der Waals surface area contributed by atoms with Crippen LogP contribution in [0.3, 0.4) is 0 Å². The monoisotopic (exact) mass is 269 g/mol. The van der Waals surface area contributed by atoms with Gasteiger partial charge >= 0.3 is 0 Å². The van der Waals surface area contributed by atoms with Gasteiger partial charge in [-0.3, -0.25) is 4.99 Å². The van der Waals surface area contributed by atoms with E-state index in [1.807, 2.05) is 36.4 Å². The maximum Gasteiger partial charge on any atom is 0.128 e. The van der Waals surface area contributed by atoms with E-state index in [4.69, 9.17) is 21.3 Å². The van der Waals surface area contributed by atoms with Crippen molar-refractivity contribution in [3.05, 3.63) is 58.6 Å². The van der Waals surface area contributed by atoms with Crippen LogP contribution in [0, 0.1) is 5.92 Å². The second kappa shape index (κ2) is 4.10. The lowest BCUT2D eigenvalue weighted by Crippen LogP contribution is -2.31. The van der Waals surface area contributed by atoms with Gasteiger partial charge in [0.15, 0.2) is 0 Å². The predicted octanol–water partition coefficient (Wildman–Crippen LogP) is 4.03. The summed E-state index contributed by atoms with van der Waals surface area (Å²) in [6.07, 6.45) is 0.947. The predicted molar refractivity (Wildman–Crippen MR) is 76.8 cm³/mol. The molecule has 2 aliphatic heterocycles. The van der Waals surface area contributed by atoms with Crippen LogP contribution < -0.4 is 4.74 Å². The highest BCUT2D eigenvalue weighted by Crippen LogP contribution is 2.37. The molecule has 0 spiro atoms. The van der Waals surface area contributed by atoms with Crippen LogP contribution >= 0.6 is 11.6 Å². The van der Waals surface area contributed by atoms with Crippen molar-refractivity contribution in [1.82, 2.24) is 0 Å². The Balaban J connectivity index is 1.89. The third-order valence-corrected chi connectivity index (χ3v) is 3.97. The standard InChI is InChI=1S/C16H12ClNO/c17-12-5-6-14-10(8-12)7-11-9-19-15-4-2-1-3-13(15)16(11)18-14/h1-6,8,11H,7,9H2. The Morgan fingerprint density at radius 1 is 1.16 bits per heavy atom. The van der Waals surface area contributed by atoms with Gasteiger partial charge in [-0.25, -0.2) is 0 Å². The summed E-state index contributed by atoms with van der Waals surface area (Å²) in [7, 11) is 0. The molecule has 0 amide bonds. The number of ether oxygens (including phenoxy) is 1. The second-order valence-corrected chi connectivity index (χ2v) is 5.41. The molecular weight excluding hydrogens is 258 g/mol. The van der Waals surface area contributed by atoms with Gasteiger partial charge in [0.25, 0.3) is 0 Å². The average Bonchev–Trinajstić information content (AvgIpc) is 2.45. The van der Waals surface area contributed by atoms with Crippen LogP contribution in [0.15, 0.2) is 47.5 Å². The number of halogens is 1. The minimum absolute atomic E-state index is 0.334. The first-order chi connectivity index (χ1) is 9.31. The zero-order chi connectivity index (χ0) is 12.8. The molecule has 0 saturated carbocycles. The highest BCUT2D eigenvalue weighted by Gasteiger charge is 2.30. The summed E-state index contributed by atoms with van der Waals surface area (Å²) in [6, 6.07) is 14.0. The molecule has 3 heteroatoms. The number of nitrogens with zero attached hydrogens (tertiary/aromatic N) is 1. The van der Waals surface area contributed by atoms with Gasteiger partial charge in [-0.15, -0.1) is 0 Å². The fourth-order valence-electron chi connectivity index (χ4n) is 2.82. The normalized spacial score (nSPS) is 19.6. The number of hydrogen-bond donors (Lipinski definition) is 0. The van der Waals surface area contributed by atoms with Gasteiger partial charge in [-0.2, -0.15) is 0 Å². The molecule has 2 aromatic carbocycles. The number of hydrogen-bond acceptors (Lipinski definition) is 2. The summed E-state index contributed by atoms with van der Waals surface area (Å²) in [5.41, 5.74) is 4.52. The first-order valence-corrected chi connectivity index (χ1v) is 6.78. The van der Waals surface area contributed by atoms with Crippen LogP contribution in [0.25, 0.3) is 0 Å². The fraction of sp³-hybridized carbons (Fsp3) is 0.188. The molecule has 1 unspecified atom stereocenters. The molecule has 0 radical (unpaired) electrons. The Hall–Kier alpha value is -1.80. The van der Waals surface area contributed by atoms with E-state index in [1.165, 1.54) is 5.56 Å². The van der Waals surface area contributed by atoms with Gasteiger partial charge in [0, 0.05) is 16.5 Å². The van der Waals surface area contributed by atoms with Crippen molar-refractivity contribution in [3.8, 4) is 5.75 Å². The summed E-state index contributed by atoms with van der Waals surface area (Å²) in [5.74, 6) is 1.27. The largest absolute Gasteiger partial charge is 0.492 e. The molecule has 19 heavy (non-hydrogen) atoms. The molecule has 2 aromatic rings. The number of benzene rings is 2. The fourth-order valence-corrected chi connectivity index (χ4v) is 3.02. The average molecular weight is 270 g/mol. The molecule has 2 nitrogen and oxygen atoms in total. The van der Waals surface area contributed by atoms with Crippen LogP contribution in [0.4, 0.5) is 5.69 Å². The molecule has 0 aliphatic carbocycles. The zero-order valence-electron chi connectivity index (χ0n) is 10.3. The van der Waals surface area contributed by atoms with E-state index in [0.29, 0.717) is 12.5 Å². The second-order valence-electron chi connectivity index (χ2n) is 4.98. The van der Waals surface area contributed by atoms with Crippen molar-refractivity contribution in [2.24, 2.45) is 10.9 Å². The van der Waals surface area contributed by atoms with Crippen molar-refractivity contribution in [2.75, 3.05) is 6.61 Å². The van der Waals surface area contributed by atoms with Gasteiger partial charge < -0.3 is 4.74 Å². The summed E-state index contributed by atoms with van der Waals surface area (Å²) in [4.78, 5) is 4.83. The van der Waals surface area contributed by atoms with E-state index in [2.05, 4.69) is 6.07 Å². The van der Waals surface area contributed by atoms with Crippen molar-refractivity contribution >= 4 is 23.0 Å². The lowest BCUT2D eigenvalue weighted by molar-refractivity contribution is 0.272. The van der Waals surface area contributed by atoms with Crippen molar-refractivity contribution < 1.29 is 4.74 Å². The number of rotatable bonds is 0. The Morgan fingerprint density at radius 2 is 2.05 bits per heavy atom. The van der Waals surface area contributed by atoms with E-state index < -0.39 is 0 Å². The summed E-state index contributed by atoms with van der Waals surface area (Å²) < 4.78 is 5.82. The third-order valence-electron chi connectivity index (χ3n) is 3.74.